The summed E-state index contributed by atoms with van der Waals surface area (Å²) in [6, 6.07) is 1.90. The van der Waals surface area contributed by atoms with Crippen molar-refractivity contribution in [3.05, 3.63) is 21.9 Å². The van der Waals surface area contributed by atoms with E-state index < -0.39 is 0 Å². The minimum Gasteiger partial charge on any atom is -0.465 e. The fourth-order valence-electron chi connectivity index (χ4n) is 0.937. The number of carbonyl (C=O) groups is 1. The van der Waals surface area contributed by atoms with Crippen LogP contribution in [0.5, 0.6) is 0 Å². The third-order valence-corrected chi connectivity index (χ3v) is 2.76. The summed E-state index contributed by atoms with van der Waals surface area (Å²) in [5.41, 5.74) is 1.28. The molecule has 1 heterocycles. The zero-order valence-corrected chi connectivity index (χ0v) is 9.20. The van der Waals surface area contributed by atoms with Crippen LogP contribution < -0.4 is 0 Å². The first-order valence-corrected chi connectivity index (χ1v) is 5.00. The number of carbonyl (C=O) groups excluding carboxylic acids is 1. The molecule has 0 N–H and O–H groups in total. The molecular formula is C10H14O2S. The first-order chi connectivity index (χ1) is 5.95. The van der Waals surface area contributed by atoms with E-state index in [-0.39, 0.29) is 11.4 Å². The van der Waals surface area contributed by atoms with Gasteiger partial charge in [0, 0.05) is 0 Å². The Labute approximate surface area is 82.5 Å². The lowest BCUT2D eigenvalue weighted by atomic mass is 9.89. The van der Waals surface area contributed by atoms with Crippen LogP contribution in [0.25, 0.3) is 0 Å². The van der Waals surface area contributed by atoms with E-state index >= 15 is 0 Å². The van der Waals surface area contributed by atoms with Crippen molar-refractivity contribution in [3.63, 3.8) is 0 Å². The molecule has 0 saturated heterocycles. The lowest BCUT2D eigenvalue weighted by Gasteiger charge is -2.15. The molecule has 0 unspecified atom stereocenters. The Morgan fingerprint density at radius 3 is 2.46 bits per heavy atom. The third-order valence-electron chi connectivity index (χ3n) is 1.85. The van der Waals surface area contributed by atoms with Crippen LogP contribution in [-0.2, 0) is 10.2 Å². The SMILES string of the molecule is COC(=O)c1cc(C(C)(C)C)cs1. The third kappa shape index (κ3) is 2.31. The number of esters is 1. The molecule has 0 aliphatic rings. The second kappa shape index (κ2) is 3.50. The molecule has 0 spiro atoms. The van der Waals surface area contributed by atoms with E-state index in [0.717, 1.165) is 0 Å². The van der Waals surface area contributed by atoms with Gasteiger partial charge in [-0.25, -0.2) is 4.79 Å². The van der Waals surface area contributed by atoms with E-state index in [1.165, 1.54) is 24.0 Å². The van der Waals surface area contributed by atoms with Gasteiger partial charge in [0.05, 0.1) is 7.11 Å². The summed E-state index contributed by atoms with van der Waals surface area (Å²) in [6.45, 7) is 6.36. The Kier molecular flexibility index (Phi) is 2.76. The number of thiophene rings is 1. The molecule has 0 aromatic carbocycles. The van der Waals surface area contributed by atoms with Gasteiger partial charge in [-0.2, -0.15) is 0 Å². The van der Waals surface area contributed by atoms with Crippen LogP contribution >= 0.6 is 11.3 Å². The fourth-order valence-corrected chi connectivity index (χ4v) is 1.99. The van der Waals surface area contributed by atoms with Gasteiger partial charge in [0.1, 0.15) is 4.88 Å². The molecule has 0 bridgehead atoms. The highest BCUT2D eigenvalue weighted by atomic mass is 32.1. The van der Waals surface area contributed by atoms with E-state index in [2.05, 4.69) is 25.5 Å². The largest absolute Gasteiger partial charge is 0.465 e. The van der Waals surface area contributed by atoms with E-state index in [0.29, 0.717) is 4.88 Å². The number of rotatable bonds is 1. The zero-order valence-electron chi connectivity index (χ0n) is 8.38. The van der Waals surface area contributed by atoms with Gasteiger partial charge in [-0.15, -0.1) is 11.3 Å². The highest BCUT2D eigenvalue weighted by Crippen LogP contribution is 2.27. The first-order valence-electron chi connectivity index (χ1n) is 4.12. The fraction of sp³-hybridized carbons (Fsp3) is 0.500. The molecule has 1 rings (SSSR count). The molecule has 1 aromatic heterocycles. The summed E-state index contributed by atoms with van der Waals surface area (Å²) in [6.07, 6.45) is 0. The highest BCUT2D eigenvalue weighted by Gasteiger charge is 2.17. The molecule has 0 fully saturated rings. The summed E-state index contributed by atoms with van der Waals surface area (Å²) < 4.78 is 4.63. The van der Waals surface area contributed by atoms with Crippen LogP contribution in [0, 0.1) is 0 Å². The lowest BCUT2D eigenvalue weighted by molar-refractivity contribution is 0.0606. The smallest absolute Gasteiger partial charge is 0.348 e. The maximum absolute atomic E-state index is 11.1. The minimum atomic E-state index is -0.250. The van der Waals surface area contributed by atoms with E-state index in [4.69, 9.17) is 0 Å². The van der Waals surface area contributed by atoms with Crippen LogP contribution in [0.1, 0.15) is 36.0 Å². The van der Waals surface area contributed by atoms with Gasteiger partial charge in [0.25, 0.3) is 0 Å². The summed E-state index contributed by atoms with van der Waals surface area (Å²) >= 11 is 1.43. The Hall–Kier alpha value is -0.830. The Bertz CT molecular complexity index is 307. The van der Waals surface area contributed by atoms with Gasteiger partial charge in [-0.3, -0.25) is 0 Å². The second-order valence-electron chi connectivity index (χ2n) is 3.94. The van der Waals surface area contributed by atoms with E-state index in [9.17, 15) is 4.79 Å². The summed E-state index contributed by atoms with van der Waals surface area (Å²) in [5.74, 6) is -0.250. The van der Waals surface area contributed by atoms with Gasteiger partial charge in [0.2, 0.25) is 0 Å². The van der Waals surface area contributed by atoms with Crippen molar-refractivity contribution in [2.45, 2.75) is 26.2 Å². The summed E-state index contributed by atoms with van der Waals surface area (Å²) in [7, 11) is 1.40. The Morgan fingerprint density at radius 1 is 1.46 bits per heavy atom. The number of ether oxygens (including phenoxy) is 1. The second-order valence-corrected chi connectivity index (χ2v) is 4.85. The Balaban J connectivity index is 2.93. The first kappa shape index (κ1) is 10.3. The van der Waals surface area contributed by atoms with Crippen LogP contribution in [-0.4, -0.2) is 13.1 Å². The van der Waals surface area contributed by atoms with Gasteiger partial charge < -0.3 is 4.74 Å². The van der Waals surface area contributed by atoms with Gasteiger partial charge in [0.15, 0.2) is 0 Å². The molecule has 2 nitrogen and oxygen atoms in total. The van der Waals surface area contributed by atoms with E-state index in [1.807, 2.05) is 11.4 Å². The van der Waals surface area contributed by atoms with Crippen LogP contribution in [0.3, 0.4) is 0 Å². The molecule has 13 heavy (non-hydrogen) atoms. The van der Waals surface area contributed by atoms with Crippen molar-refractivity contribution in [2.75, 3.05) is 7.11 Å². The average Bonchev–Trinajstić information content (AvgIpc) is 2.50. The van der Waals surface area contributed by atoms with Crippen molar-refractivity contribution in [1.82, 2.24) is 0 Å². The van der Waals surface area contributed by atoms with Gasteiger partial charge in [-0.05, 0) is 22.4 Å². The summed E-state index contributed by atoms with van der Waals surface area (Å²) in [4.78, 5) is 11.8. The lowest BCUT2D eigenvalue weighted by Crippen LogP contribution is -2.09. The monoisotopic (exact) mass is 198 g/mol. The van der Waals surface area contributed by atoms with Crippen molar-refractivity contribution in [2.24, 2.45) is 0 Å². The maximum atomic E-state index is 11.1. The van der Waals surface area contributed by atoms with Crippen LogP contribution in [0.2, 0.25) is 0 Å². The quantitative estimate of drug-likeness (QED) is 0.649. The number of hydrogen-bond acceptors (Lipinski definition) is 3. The zero-order chi connectivity index (χ0) is 10.1. The predicted octanol–water partition coefficient (Wildman–Crippen LogP) is 2.83. The molecular weight excluding hydrogens is 184 g/mol. The highest BCUT2D eigenvalue weighted by molar-refractivity contribution is 7.12. The van der Waals surface area contributed by atoms with E-state index in [1.54, 1.807) is 0 Å². The standard InChI is InChI=1S/C10H14O2S/c1-10(2,3)7-5-8(13-6-7)9(11)12-4/h5-6H,1-4H3. The molecule has 0 saturated carbocycles. The molecule has 0 atom stereocenters. The molecule has 3 heteroatoms. The number of methoxy groups -OCH3 is 1. The molecule has 1 aromatic rings. The normalized spacial score (nSPS) is 11.4. The maximum Gasteiger partial charge on any atom is 0.348 e. The minimum absolute atomic E-state index is 0.1000. The van der Waals surface area contributed by atoms with Crippen molar-refractivity contribution < 1.29 is 9.53 Å². The molecule has 0 aliphatic heterocycles. The van der Waals surface area contributed by atoms with Crippen LogP contribution in [0.4, 0.5) is 0 Å². The van der Waals surface area contributed by atoms with Gasteiger partial charge >= 0.3 is 5.97 Å². The number of hydrogen-bond donors (Lipinski definition) is 0. The predicted molar refractivity (Wildman–Crippen MR) is 54.4 cm³/mol. The van der Waals surface area contributed by atoms with Gasteiger partial charge in [-0.1, -0.05) is 20.8 Å². The molecule has 0 amide bonds. The van der Waals surface area contributed by atoms with Crippen molar-refractivity contribution in [3.8, 4) is 0 Å². The summed E-state index contributed by atoms with van der Waals surface area (Å²) in [5, 5.41) is 2.01. The van der Waals surface area contributed by atoms with Crippen LogP contribution in [0.15, 0.2) is 11.4 Å². The Morgan fingerprint density at radius 2 is 2.08 bits per heavy atom. The van der Waals surface area contributed by atoms with Crippen molar-refractivity contribution >= 4 is 17.3 Å². The molecule has 72 valence electrons. The average molecular weight is 198 g/mol. The topological polar surface area (TPSA) is 26.3 Å². The molecule has 0 aliphatic carbocycles. The van der Waals surface area contributed by atoms with Crippen molar-refractivity contribution in [1.29, 1.82) is 0 Å². The molecule has 0 radical (unpaired) electrons.